The maximum absolute atomic E-state index is 13.1. The van der Waals surface area contributed by atoms with Crippen LogP contribution in [0.25, 0.3) is 0 Å². The molecule has 1 rings (SSSR count). The molecular formula is C13H17FN2O. The van der Waals surface area contributed by atoms with E-state index < -0.39 is 0 Å². The van der Waals surface area contributed by atoms with Gasteiger partial charge in [0, 0.05) is 19.5 Å². The minimum Gasteiger partial charge on any atom is -0.496 e. The van der Waals surface area contributed by atoms with E-state index in [4.69, 9.17) is 10.00 Å². The van der Waals surface area contributed by atoms with Gasteiger partial charge in [-0.2, -0.15) is 5.26 Å². The van der Waals surface area contributed by atoms with Gasteiger partial charge in [0.25, 0.3) is 0 Å². The van der Waals surface area contributed by atoms with E-state index in [0.29, 0.717) is 18.6 Å². The highest BCUT2D eigenvalue weighted by atomic mass is 19.1. The van der Waals surface area contributed by atoms with Crippen LogP contribution in [0.2, 0.25) is 0 Å². The average Bonchev–Trinajstić information content (AvgIpc) is 2.34. The number of nitrogens with zero attached hydrogens (tertiary/aromatic N) is 2. The topological polar surface area (TPSA) is 36.3 Å². The van der Waals surface area contributed by atoms with E-state index in [1.165, 1.54) is 12.1 Å². The highest BCUT2D eigenvalue weighted by Gasteiger charge is 2.06. The Hall–Kier alpha value is -1.60. The first kappa shape index (κ1) is 13.5. The van der Waals surface area contributed by atoms with Crippen LogP contribution in [0.3, 0.4) is 0 Å². The molecular weight excluding hydrogens is 219 g/mol. The van der Waals surface area contributed by atoms with E-state index in [9.17, 15) is 4.39 Å². The van der Waals surface area contributed by atoms with Gasteiger partial charge in [0.1, 0.15) is 11.6 Å². The summed E-state index contributed by atoms with van der Waals surface area (Å²) >= 11 is 0. The van der Waals surface area contributed by atoms with Crippen molar-refractivity contribution in [2.45, 2.75) is 12.8 Å². The fourth-order valence-electron chi connectivity index (χ4n) is 1.61. The molecule has 4 heteroatoms. The molecule has 0 N–H and O–H groups in total. The van der Waals surface area contributed by atoms with Crippen LogP contribution in [0.15, 0.2) is 18.2 Å². The first-order chi connectivity index (χ1) is 8.17. The quantitative estimate of drug-likeness (QED) is 0.760. The third-order valence-corrected chi connectivity index (χ3v) is 2.61. The lowest BCUT2D eigenvalue weighted by Crippen LogP contribution is -2.22. The standard InChI is InChI=1S/C13H17FN2O/c1-16(8-3-7-15)9-6-11-10-12(14)4-5-13(11)17-2/h4-5,10H,3,6,8-9H2,1-2H3. The maximum atomic E-state index is 13.1. The molecule has 0 heterocycles. The van der Waals surface area contributed by atoms with Crippen molar-refractivity contribution in [2.24, 2.45) is 0 Å². The van der Waals surface area contributed by atoms with Crippen LogP contribution >= 0.6 is 0 Å². The van der Waals surface area contributed by atoms with Crippen molar-refractivity contribution < 1.29 is 9.13 Å². The number of rotatable bonds is 6. The monoisotopic (exact) mass is 236 g/mol. The molecule has 0 radical (unpaired) electrons. The van der Waals surface area contributed by atoms with Gasteiger partial charge in [-0.3, -0.25) is 0 Å². The molecule has 0 aliphatic rings. The van der Waals surface area contributed by atoms with E-state index in [0.717, 1.165) is 18.7 Å². The van der Waals surface area contributed by atoms with Gasteiger partial charge in [0.2, 0.25) is 0 Å². The van der Waals surface area contributed by atoms with E-state index in [1.807, 2.05) is 11.9 Å². The van der Waals surface area contributed by atoms with Crippen LogP contribution in [-0.4, -0.2) is 32.1 Å². The lowest BCUT2D eigenvalue weighted by molar-refractivity contribution is 0.342. The number of likely N-dealkylation sites (N-methyl/N-ethyl adjacent to an activating group) is 1. The fraction of sp³-hybridized carbons (Fsp3) is 0.462. The van der Waals surface area contributed by atoms with Gasteiger partial charge >= 0.3 is 0 Å². The Bertz CT molecular complexity index is 401. The molecule has 0 aromatic heterocycles. The molecule has 0 fully saturated rings. The molecule has 0 aliphatic heterocycles. The molecule has 0 atom stereocenters. The zero-order valence-electron chi connectivity index (χ0n) is 10.2. The highest BCUT2D eigenvalue weighted by Crippen LogP contribution is 2.19. The van der Waals surface area contributed by atoms with Crippen LogP contribution in [-0.2, 0) is 6.42 Å². The number of methoxy groups -OCH3 is 1. The number of ether oxygens (including phenoxy) is 1. The molecule has 0 aliphatic carbocycles. The van der Waals surface area contributed by atoms with Crippen molar-refractivity contribution in [3.8, 4) is 11.8 Å². The molecule has 0 bridgehead atoms. The molecule has 3 nitrogen and oxygen atoms in total. The molecule has 0 spiro atoms. The number of halogens is 1. The largest absolute Gasteiger partial charge is 0.496 e. The number of nitriles is 1. The predicted octanol–water partition coefficient (Wildman–Crippen LogP) is 2.22. The average molecular weight is 236 g/mol. The second-order valence-electron chi connectivity index (χ2n) is 3.92. The van der Waals surface area contributed by atoms with Crippen molar-refractivity contribution in [2.75, 3.05) is 27.2 Å². The highest BCUT2D eigenvalue weighted by molar-refractivity contribution is 5.34. The van der Waals surface area contributed by atoms with Gasteiger partial charge in [-0.05, 0) is 37.2 Å². The second kappa shape index (κ2) is 6.87. The maximum Gasteiger partial charge on any atom is 0.123 e. The van der Waals surface area contributed by atoms with Crippen molar-refractivity contribution in [1.29, 1.82) is 5.26 Å². The third-order valence-electron chi connectivity index (χ3n) is 2.61. The summed E-state index contributed by atoms with van der Waals surface area (Å²) in [6.45, 7) is 1.51. The summed E-state index contributed by atoms with van der Waals surface area (Å²) in [5.74, 6) is 0.459. The van der Waals surface area contributed by atoms with Gasteiger partial charge in [-0.25, -0.2) is 4.39 Å². The summed E-state index contributed by atoms with van der Waals surface area (Å²) in [5, 5.41) is 8.47. The summed E-state index contributed by atoms with van der Waals surface area (Å²) < 4.78 is 18.3. The van der Waals surface area contributed by atoms with Crippen LogP contribution < -0.4 is 4.74 Å². The fourth-order valence-corrected chi connectivity index (χ4v) is 1.61. The van der Waals surface area contributed by atoms with E-state index in [2.05, 4.69) is 6.07 Å². The Morgan fingerprint density at radius 2 is 2.18 bits per heavy atom. The minimum absolute atomic E-state index is 0.250. The van der Waals surface area contributed by atoms with Gasteiger partial charge in [0.15, 0.2) is 0 Å². The summed E-state index contributed by atoms with van der Waals surface area (Å²) in [6, 6.07) is 6.63. The van der Waals surface area contributed by atoms with Crippen LogP contribution in [0.4, 0.5) is 4.39 Å². The zero-order chi connectivity index (χ0) is 12.7. The van der Waals surface area contributed by atoms with Crippen LogP contribution in [0.1, 0.15) is 12.0 Å². The third kappa shape index (κ3) is 4.41. The smallest absolute Gasteiger partial charge is 0.123 e. The molecule has 1 aromatic rings. The Morgan fingerprint density at radius 1 is 1.41 bits per heavy atom. The summed E-state index contributed by atoms with van der Waals surface area (Å²) in [4.78, 5) is 2.05. The molecule has 92 valence electrons. The van der Waals surface area contributed by atoms with Crippen molar-refractivity contribution in [1.82, 2.24) is 4.90 Å². The first-order valence-corrected chi connectivity index (χ1v) is 5.55. The number of benzene rings is 1. The molecule has 0 unspecified atom stereocenters. The van der Waals surface area contributed by atoms with Crippen LogP contribution in [0.5, 0.6) is 5.75 Å². The van der Waals surface area contributed by atoms with Gasteiger partial charge in [-0.1, -0.05) is 0 Å². The van der Waals surface area contributed by atoms with Gasteiger partial charge in [-0.15, -0.1) is 0 Å². The first-order valence-electron chi connectivity index (χ1n) is 5.55. The molecule has 0 saturated heterocycles. The Balaban J connectivity index is 2.56. The second-order valence-corrected chi connectivity index (χ2v) is 3.92. The summed E-state index contributed by atoms with van der Waals surface area (Å²) in [7, 11) is 3.53. The van der Waals surface area contributed by atoms with E-state index in [-0.39, 0.29) is 5.82 Å². The normalized spacial score (nSPS) is 10.3. The van der Waals surface area contributed by atoms with Crippen molar-refractivity contribution in [3.05, 3.63) is 29.6 Å². The lowest BCUT2D eigenvalue weighted by atomic mass is 10.1. The lowest BCUT2D eigenvalue weighted by Gasteiger charge is -2.15. The molecule has 1 aromatic carbocycles. The SMILES string of the molecule is COc1ccc(F)cc1CCN(C)CCC#N. The molecule has 0 saturated carbocycles. The van der Waals surface area contributed by atoms with E-state index >= 15 is 0 Å². The molecule has 0 amide bonds. The van der Waals surface area contributed by atoms with E-state index in [1.54, 1.807) is 13.2 Å². The Morgan fingerprint density at radius 3 is 2.82 bits per heavy atom. The number of hydrogen-bond acceptors (Lipinski definition) is 3. The summed E-state index contributed by atoms with van der Waals surface area (Å²) in [5.41, 5.74) is 0.858. The minimum atomic E-state index is -0.250. The Kier molecular flexibility index (Phi) is 5.44. The zero-order valence-corrected chi connectivity index (χ0v) is 10.2. The van der Waals surface area contributed by atoms with Crippen LogP contribution in [0, 0.1) is 17.1 Å². The summed E-state index contributed by atoms with van der Waals surface area (Å²) in [6.07, 6.45) is 1.22. The van der Waals surface area contributed by atoms with Gasteiger partial charge in [0.05, 0.1) is 13.2 Å². The molecule has 17 heavy (non-hydrogen) atoms. The number of hydrogen-bond donors (Lipinski definition) is 0. The van der Waals surface area contributed by atoms with Crippen molar-refractivity contribution in [3.63, 3.8) is 0 Å². The van der Waals surface area contributed by atoms with Crippen molar-refractivity contribution >= 4 is 0 Å². The predicted molar refractivity (Wildman–Crippen MR) is 64.4 cm³/mol. The van der Waals surface area contributed by atoms with Gasteiger partial charge < -0.3 is 9.64 Å². The Labute approximate surface area is 101 Å².